The van der Waals surface area contributed by atoms with E-state index in [-0.39, 0.29) is 11.7 Å². The molecule has 6 nitrogen and oxygen atoms in total. The third kappa shape index (κ3) is 3.89. The molecule has 0 radical (unpaired) electrons. The average molecular weight is 417 g/mol. The summed E-state index contributed by atoms with van der Waals surface area (Å²) in [5, 5.41) is 13.6. The van der Waals surface area contributed by atoms with Crippen LogP contribution in [0.15, 0.2) is 30.5 Å². The fraction of sp³-hybridized carbons (Fsp3) is 0.381. The van der Waals surface area contributed by atoms with Crippen LogP contribution in [0, 0.1) is 12.7 Å². The largest absolute Gasteiger partial charge is 0.391 e. The number of hydrogen-bond acceptors (Lipinski definition) is 6. The van der Waals surface area contributed by atoms with Gasteiger partial charge in [0.25, 0.3) is 6.43 Å². The molecule has 4 rings (SSSR count). The Morgan fingerprint density at radius 1 is 1.23 bits per heavy atom. The lowest BCUT2D eigenvalue weighted by atomic mass is 10.0. The number of aromatic nitrogens is 3. The Hall–Kier alpha value is -2.94. The van der Waals surface area contributed by atoms with E-state index >= 15 is 0 Å². The van der Waals surface area contributed by atoms with Gasteiger partial charge in [0.15, 0.2) is 0 Å². The number of β-amino-alcohol motifs (C(OH)–C–C–N with tert-alkyl or cyclic N) is 1. The molecule has 158 valence electrons. The van der Waals surface area contributed by atoms with Crippen LogP contribution in [0.2, 0.25) is 0 Å². The Bertz CT molecular complexity index is 1080. The molecular weight excluding hydrogens is 395 g/mol. The smallest absolute Gasteiger partial charge is 0.266 e. The lowest BCUT2D eigenvalue weighted by molar-refractivity contribution is 0.146. The summed E-state index contributed by atoms with van der Waals surface area (Å²) in [6.07, 6.45) is -0.965. The first-order valence-electron chi connectivity index (χ1n) is 9.74. The predicted octanol–water partition coefficient (Wildman–Crippen LogP) is 4.15. The normalized spacial score (nSPS) is 17.7. The SMILES string of the molecule is Cc1nc(NC(C)c2cccc(C(F)F)c2F)c2cc(N3CC[C@H](O)C3)ncc2n1. The molecule has 2 aromatic heterocycles. The molecule has 30 heavy (non-hydrogen) atoms. The molecule has 0 spiro atoms. The number of hydrogen-bond donors (Lipinski definition) is 2. The first-order valence-corrected chi connectivity index (χ1v) is 9.74. The standard InChI is InChI=1S/C21H22F3N5O/c1-11(14-4-3-5-15(19(14)22)20(23)24)26-21-16-8-18(29-7-6-13(30)10-29)25-9-17(16)27-12(2)28-21/h3-5,8-9,11,13,20,30H,6-7,10H2,1-2H3,(H,26,27,28)/t11?,13-/m0/s1. The monoisotopic (exact) mass is 417 g/mol. The second-order valence-corrected chi connectivity index (χ2v) is 7.48. The number of nitrogens with zero attached hydrogens (tertiary/aromatic N) is 4. The summed E-state index contributed by atoms with van der Waals surface area (Å²) in [7, 11) is 0. The zero-order valence-corrected chi connectivity index (χ0v) is 16.6. The lowest BCUT2D eigenvalue weighted by Crippen LogP contribution is -2.22. The minimum atomic E-state index is -2.89. The van der Waals surface area contributed by atoms with Gasteiger partial charge in [0.2, 0.25) is 0 Å². The van der Waals surface area contributed by atoms with Crippen LogP contribution in [0.1, 0.15) is 42.8 Å². The number of nitrogens with one attached hydrogen (secondary N) is 1. The third-order valence-electron chi connectivity index (χ3n) is 5.28. The van der Waals surface area contributed by atoms with Gasteiger partial charge in [-0.05, 0) is 26.3 Å². The van der Waals surface area contributed by atoms with E-state index < -0.39 is 23.8 Å². The Labute approximate surface area is 171 Å². The molecule has 1 fully saturated rings. The molecule has 3 heterocycles. The summed E-state index contributed by atoms with van der Waals surface area (Å²) in [4.78, 5) is 15.3. The van der Waals surface area contributed by atoms with E-state index in [9.17, 15) is 18.3 Å². The number of aliphatic hydroxyl groups excluding tert-OH is 1. The van der Waals surface area contributed by atoms with Gasteiger partial charge in [-0.3, -0.25) is 0 Å². The molecule has 1 unspecified atom stereocenters. The molecule has 2 atom stereocenters. The van der Waals surface area contributed by atoms with E-state index in [1.54, 1.807) is 20.0 Å². The van der Waals surface area contributed by atoms with E-state index in [0.29, 0.717) is 47.9 Å². The number of anilines is 2. The number of halogens is 3. The highest BCUT2D eigenvalue weighted by Crippen LogP contribution is 2.31. The first kappa shape index (κ1) is 20.3. The molecule has 9 heteroatoms. The number of alkyl halides is 2. The maximum Gasteiger partial charge on any atom is 0.266 e. The van der Waals surface area contributed by atoms with Gasteiger partial charge >= 0.3 is 0 Å². The van der Waals surface area contributed by atoms with Gasteiger partial charge in [0.05, 0.1) is 29.4 Å². The van der Waals surface area contributed by atoms with Crippen LogP contribution >= 0.6 is 0 Å². The zero-order chi connectivity index (χ0) is 21.4. The van der Waals surface area contributed by atoms with Crippen molar-refractivity contribution in [1.82, 2.24) is 15.0 Å². The Kier molecular flexibility index (Phi) is 5.46. The maximum atomic E-state index is 14.6. The maximum absolute atomic E-state index is 14.6. The van der Waals surface area contributed by atoms with Crippen LogP contribution in [0.25, 0.3) is 10.9 Å². The van der Waals surface area contributed by atoms with Crippen LogP contribution in [0.3, 0.4) is 0 Å². The summed E-state index contributed by atoms with van der Waals surface area (Å²) in [6, 6.07) is 5.21. The van der Waals surface area contributed by atoms with E-state index in [1.165, 1.54) is 12.1 Å². The molecule has 0 saturated carbocycles. The fourth-order valence-corrected chi connectivity index (χ4v) is 3.72. The average Bonchev–Trinajstić information content (AvgIpc) is 3.13. The van der Waals surface area contributed by atoms with Crippen molar-refractivity contribution in [2.75, 3.05) is 23.3 Å². The molecule has 2 N–H and O–H groups in total. The number of fused-ring (bicyclic) bond motifs is 1. The van der Waals surface area contributed by atoms with Crippen LogP contribution in [-0.2, 0) is 0 Å². The van der Waals surface area contributed by atoms with Gasteiger partial charge in [-0.2, -0.15) is 0 Å². The van der Waals surface area contributed by atoms with E-state index in [2.05, 4.69) is 20.3 Å². The first-order chi connectivity index (χ1) is 14.3. The topological polar surface area (TPSA) is 74.2 Å². The van der Waals surface area contributed by atoms with E-state index in [0.717, 1.165) is 6.07 Å². The van der Waals surface area contributed by atoms with Crippen LogP contribution < -0.4 is 10.2 Å². The van der Waals surface area contributed by atoms with Crippen molar-refractivity contribution in [3.8, 4) is 0 Å². The van der Waals surface area contributed by atoms with Crippen molar-refractivity contribution in [2.24, 2.45) is 0 Å². The summed E-state index contributed by atoms with van der Waals surface area (Å²) < 4.78 is 40.7. The number of benzene rings is 1. The Morgan fingerprint density at radius 2 is 2.00 bits per heavy atom. The van der Waals surface area contributed by atoms with Crippen molar-refractivity contribution < 1.29 is 18.3 Å². The molecule has 0 amide bonds. The molecule has 3 aromatic rings. The summed E-state index contributed by atoms with van der Waals surface area (Å²) in [5.74, 6) is 0.740. The van der Waals surface area contributed by atoms with E-state index in [1.807, 2.05) is 11.0 Å². The quantitative estimate of drug-likeness (QED) is 0.650. The fourth-order valence-electron chi connectivity index (χ4n) is 3.72. The van der Waals surface area contributed by atoms with Crippen molar-refractivity contribution in [2.45, 2.75) is 38.8 Å². The number of aliphatic hydroxyl groups is 1. The molecule has 1 aromatic carbocycles. The van der Waals surface area contributed by atoms with Crippen LogP contribution in [-0.4, -0.2) is 39.3 Å². The summed E-state index contributed by atoms with van der Waals surface area (Å²) in [5.41, 5.74) is 0.126. The number of aryl methyl sites for hydroxylation is 1. The van der Waals surface area contributed by atoms with Gasteiger partial charge in [-0.15, -0.1) is 0 Å². The minimum Gasteiger partial charge on any atom is -0.391 e. The van der Waals surface area contributed by atoms with Crippen LogP contribution in [0.5, 0.6) is 0 Å². The van der Waals surface area contributed by atoms with Gasteiger partial charge in [-0.1, -0.05) is 18.2 Å². The van der Waals surface area contributed by atoms with Gasteiger partial charge < -0.3 is 15.3 Å². The highest BCUT2D eigenvalue weighted by Gasteiger charge is 2.23. The molecule has 1 aliphatic rings. The van der Waals surface area contributed by atoms with Crippen LogP contribution in [0.4, 0.5) is 24.8 Å². The van der Waals surface area contributed by atoms with Crippen molar-refractivity contribution in [3.63, 3.8) is 0 Å². The van der Waals surface area contributed by atoms with Gasteiger partial charge in [0.1, 0.15) is 23.3 Å². The summed E-state index contributed by atoms with van der Waals surface area (Å²) >= 11 is 0. The molecule has 0 bridgehead atoms. The number of rotatable bonds is 5. The van der Waals surface area contributed by atoms with Gasteiger partial charge in [0, 0.05) is 24.0 Å². The third-order valence-corrected chi connectivity index (χ3v) is 5.28. The second-order valence-electron chi connectivity index (χ2n) is 7.48. The minimum absolute atomic E-state index is 0.133. The highest BCUT2D eigenvalue weighted by atomic mass is 19.3. The zero-order valence-electron chi connectivity index (χ0n) is 16.6. The molecular formula is C21H22F3N5O. The second kappa shape index (κ2) is 8.06. The van der Waals surface area contributed by atoms with Crippen molar-refractivity contribution in [1.29, 1.82) is 0 Å². The van der Waals surface area contributed by atoms with Crippen molar-refractivity contribution in [3.05, 3.63) is 53.2 Å². The molecule has 1 aliphatic heterocycles. The van der Waals surface area contributed by atoms with Crippen molar-refractivity contribution >= 4 is 22.5 Å². The summed E-state index contributed by atoms with van der Waals surface area (Å²) in [6.45, 7) is 4.61. The predicted molar refractivity (Wildman–Crippen MR) is 108 cm³/mol. The lowest BCUT2D eigenvalue weighted by Gasteiger charge is -2.20. The van der Waals surface area contributed by atoms with Gasteiger partial charge in [-0.25, -0.2) is 28.1 Å². The Balaban J connectivity index is 1.70. The number of pyridine rings is 1. The molecule has 1 saturated heterocycles. The molecule has 0 aliphatic carbocycles. The highest BCUT2D eigenvalue weighted by molar-refractivity contribution is 5.90. The van der Waals surface area contributed by atoms with E-state index in [4.69, 9.17) is 0 Å². The Morgan fingerprint density at radius 3 is 2.70 bits per heavy atom.